The number of rotatable bonds is 7. The first-order valence-corrected chi connectivity index (χ1v) is 10.9. The number of aryl methyl sites for hydroxylation is 1. The van der Waals surface area contributed by atoms with Gasteiger partial charge in [0, 0.05) is 22.9 Å². The topological polar surface area (TPSA) is 80.1 Å². The minimum atomic E-state index is -0.321. The van der Waals surface area contributed by atoms with Crippen molar-refractivity contribution in [2.24, 2.45) is 0 Å². The molecule has 7 nitrogen and oxygen atoms in total. The van der Waals surface area contributed by atoms with Crippen molar-refractivity contribution in [2.45, 2.75) is 18.5 Å². The number of hydrogen-bond acceptors (Lipinski definition) is 5. The first-order chi connectivity index (χ1) is 14.5. The van der Waals surface area contributed by atoms with E-state index < -0.39 is 0 Å². The van der Waals surface area contributed by atoms with Crippen molar-refractivity contribution < 1.29 is 9.59 Å². The summed E-state index contributed by atoms with van der Waals surface area (Å²) in [5.74, 6) is 1.25. The molecule has 4 rings (SSSR count). The van der Waals surface area contributed by atoms with E-state index in [2.05, 4.69) is 15.5 Å². The van der Waals surface area contributed by atoms with Gasteiger partial charge in [0.2, 0.25) is 5.91 Å². The fourth-order valence-electron chi connectivity index (χ4n) is 3.25. The summed E-state index contributed by atoms with van der Waals surface area (Å²) in [6, 6.07) is 15.3. The number of halogens is 1. The Kier molecular flexibility index (Phi) is 6.06. The lowest BCUT2D eigenvalue weighted by atomic mass is 10.1. The smallest absolute Gasteiger partial charge is 0.324 e. The number of hydrogen-bond donors (Lipinski definition) is 1. The van der Waals surface area contributed by atoms with Crippen LogP contribution in [0.3, 0.4) is 0 Å². The number of nitrogens with zero attached hydrogens (tertiary/aromatic N) is 4. The molecular formula is C21H20ClN5O2S. The molecule has 154 valence electrons. The zero-order chi connectivity index (χ0) is 21.1. The molecule has 0 bridgehead atoms. The number of nitrogens with one attached hydrogen (secondary N) is 1. The highest BCUT2D eigenvalue weighted by Crippen LogP contribution is 2.30. The van der Waals surface area contributed by atoms with Gasteiger partial charge in [-0.2, -0.15) is 0 Å². The van der Waals surface area contributed by atoms with Crippen molar-refractivity contribution in [2.75, 3.05) is 18.8 Å². The number of amides is 3. The third-order valence-electron chi connectivity index (χ3n) is 4.79. The fraction of sp³-hybridized carbons (Fsp3) is 0.238. The highest BCUT2D eigenvalue weighted by molar-refractivity contribution is 7.99. The molecule has 1 aliphatic rings. The van der Waals surface area contributed by atoms with Gasteiger partial charge in [-0.15, -0.1) is 10.2 Å². The number of carbonyl (C=O) groups is 2. The summed E-state index contributed by atoms with van der Waals surface area (Å²) in [5.41, 5.74) is 3.03. The maximum atomic E-state index is 11.7. The van der Waals surface area contributed by atoms with Crippen molar-refractivity contribution in [1.29, 1.82) is 0 Å². The summed E-state index contributed by atoms with van der Waals surface area (Å²) in [5, 5.41) is 12.8. The highest BCUT2D eigenvalue weighted by atomic mass is 35.5. The van der Waals surface area contributed by atoms with Crippen LogP contribution >= 0.6 is 23.4 Å². The molecule has 0 aliphatic carbocycles. The maximum Gasteiger partial charge on any atom is 0.324 e. The van der Waals surface area contributed by atoms with Crippen molar-refractivity contribution in [1.82, 2.24) is 25.0 Å². The molecule has 0 radical (unpaired) electrons. The van der Waals surface area contributed by atoms with E-state index in [1.165, 1.54) is 4.90 Å². The summed E-state index contributed by atoms with van der Waals surface area (Å²) >= 11 is 7.59. The third-order valence-corrected chi connectivity index (χ3v) is 6.05. The van der Waals surface area contributed by atoms with Crippen LogP contribution in [0.2, 0.25) is 5.02 Å². The second kappa shape index (κ2) is 8.89. The largest absolute Gasteiger partial charge is 0.329 e. The number of aromatic nitrogens is 3. The van der Waals surface area contributed by atoms with Crippen LogP contribution in [-0.2, 0) is 4.79 Å². The lowest BCUT2D eigenvalue weighted by Gasteiger charge is -2.14. The summed E-state index contributed by atoms with van der Waals surface area (Å²) < 4.78 is 2.04. The molecule has 30 heavy (non-hydrogen) atoms. The molecule has 2 aromatic carbocycles. The number of urea groups is 1. The Balaban J connectivity index is 1.57. The standard InChI is InChI=1S/C21H20ClN5O2S/c1-14-5-2-3-6-17(14)27-19(15-7-9-16(22)10-8-15)24-25-21(27)30-12-4-11-26-18(28)13-23-20(26)29/h2-3,5-10H,4,11-13H2,1H3,(H,23,29). The molecular weight excluding hydrogens is 422 g/mol. The zero-order valence-corrected chi connectivity index (χ0v) is 17.9. The van der Waals surface area contributed by atoms with Crippen molar-refractivity contribution in [3.8, 4) is 17.1 Å². The van der Waals surface area contributed by atoms with Gasteiger partial charge in [-0.05, 0) is 49.2 Å². The second-order valence-electron chi connectivity index (χ2n) is 6.84. The van der Waals surface area contributed by atoms with Crippen molar-refractivity contribution in [3.63, 3.8) is 0 Å². The maximum absolute atomic E-state index is 11.7. The Morgan fingerprint density at radius 2 is 1.87 bits per heavy atom. The Bertz CT molecular complexity index is 1070. The third kappa shape index (κ3) is 4.20. The van der Waals surface area contributed by atoms with Crippen LogP contribution in [0.5, 0.6) is 0 Å². The van der Waals surface area contributed by atoms with Gasteiger partial charge in [0.15, 0.2) is 11.0 Å². The average Bonchev–Trinajstić information content (AvgIpc) is 3.30. The van der Waals surface area contributed by atoms with Crippen LogP contribution in [0.15, 0.2) is 53.7 Å². The fourth-order valence-corrected chi connectivity index (χ4v) is 4.24. The van der Waals surface area contributed by atoms with Gasteiger partial charge in [-0.1, -0.05) is 41.6 Å². The summed E-state index contributed by atoms with van der Waals surface area (Å²) in [6.45, 7) is 2.52. The first-order valence-electron chi connectivity index (χ1n) is 9.53. The SMILES string of the molecule is Cc1ccccc1-n1c(SCCCN2C(=O)CNC2=O)nnc1-c1ccc(Cl)cc1. The van der Waals surface area contributed by atoms with Gasteiger partial charge in [-0.3, -0.25) is 14.3 Å². The van der Waals surface area contributed by atoms with Crippen molar-refractivity contribution >= 4 is 35.3 Å². The molecule has 3 aromatic rings. The minimum absolute atomic E-state index is 0.0814. The van der Waals surface area contributed by atoms with Gasteiger partial charge in [0.1, 0.15) is 0 Å². The normalized spacial score (nSPS) is 13.7. The van der Waals surface area contributed by atoms with Gasteiger partial charge in [-0.25, -0.2) is 4.79 Å². The quantitative estimate of drug-likeness (QED) is 0.341. The second-order valence-corrected chi connectivity index (χ2v) is 8.34. The minimum Gasteiger partial charge on any atom is -0.329 e. The van der Waals surface area contributed by atoms with E-state index in [-0.39, 0.29) is 18.5 Å². The Morgan fingerprint density at radius 3 is 2.57 bits per heavy atom. The molecule has 1 aliphatic heterocycles. The molecule has 1 fully saturated rings. The predicted octanol–water partition coefficient (Wildman–Crippen LogP) is 3.93. The number of carbonyl (C=O) groups excluding carboxylic acids is 2. The van der Waals surface area contributed by atoms with E-state index in [0.29, 0.717) is 23.7 Å². The molecule has 0 saturated carbocycles. The van der Waals surface area contributed by atoms with Crippen LogP contribution in [0.1, 0.15) is 12.0 Å². The van der Waals surface area contributed by atoms with E-state index in [1.807, 2.05) is 60.0 Å². The van der Waals surface area contributed by atoms with Crippen LogP contribution < -0.4 is 5.32 Å². The zero-order valence-electron chi connectivity index (χ0n) is 16.3. The van der Waals surface area contributed by atoms with Gasteiger partial charge < -0.3 is 5.32 Å². The van der Waals surface area contributed by atoms with Crippen LogP contribution in [0.25, 0.3) is 17.1 Å². The van der Waals surface area contributed by atoms with E-state index >= 15 is 0 Å². The first kappa shape index (κ1) is 20.4. The predicted molar refractivity (Wildman–Crippen MR) is 117 cm³/mol. The Hall–Kier alpha value is -2.84. The molecule has 1 N–H and O–H groups in total. The van der Waals surface area contributed by atoms with Crippen LogP contribution in [-0.4, -0.2) is 50.4 Å². The highest BCUT2D eigenvalue weighted by Gasteiger charge is 2.27. The molecule has 2 heterocycles. The number of imide groups is 1. The van der Waals surface area contributed by atoms with E-state index in [0.717, 1.165) is 27.8 Å². The molecule has 3 amide bonds. The molecule has 1 saturated heterocycles. The van der Waals surface area contributed by atoms with Gasteiger partial charge in [0.25, 0.3) is 0 Å². The summed E-state index contributed by atoms with van der Waals surface area (Å²) in [6.07, 6.45) is 0.667. The number of para-hydroxylation sites is 1. The van der Waals surface area contributed by atoms with Crippen molar-refractivity contribution in [3.05, 3.63) is 59.1 Å². The monoisotopic (exact) mass is 441 g/mol. The Labute approximate surface area is 183 Å². The van der Waals surface area contributed by atoms with Crippen LogP contribution in [0, 0.1) is 6.92 Å². The lowest BCUT2D eigenvalue weighted by molar-refractivity contribution is -0.124. The van der Waals surface area contributed by atoms with Gasteiger partial charge >= 0.3 is 6.03 Å². The molecule has 9 heteroatoms. The summed E-state index contributed by atoms with van der Waals surface area (Å²) in [7, 11) is 0. The molecule has 0 atom stereocenters. The van der Waals surface area contributed by atoms with E-state index in [9.17, 15) is 9.59 Å². The average molecular weight is 442 g/mol. The summed E-state index contributed by atoms with van der Waals surface area (Å²) in [4.78, 5) is 24.6. The van der Waals surface area contributed by atoms with E-state index in [1.54, 1.807) is 11.8 Å². The molecule has 0 unspecified atom stereocenters. The number of thioether (sulfide) groups is 1. The number of benzene rings is 2. The van der Waals surface area contributed by atoms with Gasteiger partial charge in [0.05, 0.1) is 12.2 Å². The van der Waals surface area contributed by atoms with E-state index in [4.69, 9.17) is 11.6 Å². The molecule has 1 aromatic heterocycles. The lowest BCUT2D eigenvalue weighted by Crippen LogP contribution is -2.32. The molecule has 0 spiro atoms. The Morgan fingerprint density at radius 1 is 1.10 bits per heavy atom. The van der Waals surface area contributed by atoms with Crippen LogP contribution in [0.4, 0.5) is 4.79 Å².